The summed E-state index contributed by atoms with van der Waals surface area (Å²) >= 11 is 11.9. The van der Waals surface area contributed by atoms with Crippen molar-refractivity contribution in [1.29, 1.82) is 0 Å². The van der Waals surface area contributed by atoms with Crippen LogP contribution in [0.15, 0.2) is 29.4 Å². The molecule has 13 nitrogen and oxygen atoms in total. The Balaban J connectivity index is 1.65. The number of carboxylic acid groups (broad SMARTS) is 1. The maximum atomic E-state index is 12.6. The topological polar surface area (TPSA) is 211 Å². The molecule has 0 spiro atoms. The summed E-state index contributed by atoms with van der Waals surface area (Å²) in [5.74, 6) is -2.61. The molecule has 0 aliphatic carbocycles. The van der Waals surface area contributed by atoms with Crippen LogP contribution in [0.5, 0.6) is 5.75 Å². The van der Waals surface area contributed by atoms with Gasteiger partial charge in [-0.2, -0.15) is 0 Å². The molecule has 2 amide bonds. The number of aromatic nitrogens is 1. The fourth-order valence-corrected chi connectivity index (χ4v) is 3.72. The number of carboxylic acids is 1. The van der Waals surface area contributed by atoms with Gasteiger partial charge in [0, 0.05) is 23.3 Å². The largest absolute Gasteiger partial charge is 0.506 e. The third-order valence-corrected chi connectivity index (χ3v) is 5.46. The quantitative estimate of drug-likeness (QED) is 0.232. The number of pyridine rings is 1. The minimum Gasteiger partial charge on any atom is -0.506 e. The van der Waals surface area contributed by atoms with E-state index in [1.165, 1.54) is 24.4 Å². The summed E-state index contributed by atoms with van der Waals surface area (Å²) in [6.45, 7) is -0.0280. The number of benzene rings is 1. The maximum absolute atomic E-state index is 12.6. The number of carbonyl (C=O) groups is 3. The number of aliphatic hydroxyl groups excluding tert-OH is 1. The van der Waals surface area contributed by atoms with Crippen molar-refractivity contribution in [3.05, 3.63) is 45.6 Å². The Morgan fingerprint density at radius 3 is 2.67 bits per heavy atom. The average Bonchev–Trinajstić information content (AvgIpc) is 2.82. The van der Waals surface area contributed by atoms with Gasteiger partial charge in [-0.3, -0.25) is 19.4 Å². The van der Waals surface area contributed by atoms with E-state index in [0.717, 1.165) is 0 Å². The number of β-amino-alcohol motifs (C(OH)–C–C–N with tert-alkyl or cyclic N) is 1. The molecule has 15 heteroatoms. The monoisotopic (exact) mass is 539 g/mol. The van der Waals surface area contributed by atoms with E-state index in [0.29, 0.717) is 5.96 Å². The van der Waals surface area contributed by atoms with Crippen LogP contribution in [0, 0.1) is 0 Å². The summed E-state index contributed by atoms with van der Waals surface area (Å²) in [5.41, 5.74) is 6.23. The van der Waals surface area contributed by atoms with E-state index in [1.807, 2.05) is 0 Å². The number of hydrogen-bond donors (Lipinski definition) is 8. The van der Waals surface area contributed by atoms with E-state index in [9.17, 15) is 29.7 Å². The highest BCUT2D eigenvalue weighted by atomic mass is 35.5. The van der Waals surface area contributed by atoms with Crippen LogP contribution < -0.4 is 27.0 Å². The smallest absolute Gasteiger partial charge is 0.305 e. The molecule has 0 radical (unpaired) electrons. The zero-order valence-corrected chi connectivity index (χ0v) is 20.1. The lowest BCUT2D eigenvalue weighted by Crippen LogP contribution is -2.42. The lowest BCUT2D eigenvalue weighted by molar-refractivity contribution is -0.137. The first kappa shape index (κ1) is 26.8. The molecule has 36 heavy (non-hydrogen) atoms. The van der Waals surface area contributed by atoms with E-state index in [-0.39, 0.29) is 45.8 Å². The molecule has 2 atom stereocenters. The number of amides is 2. The molecule has 0 saturated heterocycles. The Morgan fingerprint density at radius 1 is 1.25 bits per heavy atom. The van der Waals surface area contributed by atoms with Crippen LogP contribution in [0.2, 0.25) is 10.0 Å². The number of hydrogen-bond acceptors (Lipinski definition) is 10. The van der Waals surface area contributed by atoms with Crippen molar-refractivity contribution in [2.24, 2.45) is 4.99 Å². The molecular weight excluding hydrogens is 517 g/mol. The van der Waals surface area contributed by atoms with Gasteiger partial charge in [-0.25, -0.2) is 4.98 Å². The summed E-state index contributed by atoms with van der Waals surface area (Å²) < 4.78 is 0. The summed E-state index contributed by atoms with van der Waals surface area (Å²) in [7, 11) is 0. The number of nitrogens with one attached hydrogen (secondary N) is 4. The molecule has 0 fully saturated rings. The molecule has 2 heterocycles. The van der Waals surface area contributed by atoms with Crippen LogP contribution in [0.1, 0.15) is 28.4 Å². The van der Waals surface area contributed by atoms with Gasteiger partial charge in [-0.05, 0) is 18.2 Å². The molecule has 9 N–H and O–H groups in total. The number of aromatic hydroxyl groups is 1. The van der Waals surface area contributed by atoms with Crippen molar-refractivity contribution < 1.29 is 29.7 Å². The Hall–Kier alpha value is -3.81. The van der Waals surface area contributed by atoms with Gasteiger partial charge in [-0.15, -0.1) is 0 Å². The Bertz CT molecular complexity index is 1210. The number of nitrogen functional groups attached to an aromatic ring is 1. The molecular formula is C21H23Cl2N7O6. The number of nitrogens with zero attached hydrogens (tertiary/aromatic N) is 2. The number of aliphatic carboxylic acids is 1. The summed E-state index contributed by atoms with van der Waals surface area (Å²) in [5, 5.41) is 39.5. The first-order chi connectivity index (χ1) is 17.0. The Morgan fingerprint density at radius 2 is 2.00 bits per heavy atom. The second kappa shape index (κ2) is 11.7. The van der Waals surface area contributed by atoms with Crippen LogP contribution >= 0.6 is 23.2 Å². The molecule has 192 valence electrons. The summed E-state index contributed by atoms with van der Waals surface area (Å²) in [6, 6.07) is 2.80. The number of halogens is 2. The number of anilines is 2. The average molecular weight is 540 g/mol. The highest BCUT2D eigenvalue weighted by molar-refractivity contribution is 6.35. The number of nitrogens with two attached hydrogens (primary N) is 1. The molecule has 2 unspecified atom stereocenters. The molecule has 1 aliphatic heterocycles. The molecule has 1 aromatic heterocycles. The third-order valence-electron chi connectivity index (χ3n) is 4.96. The van der Waals surface area contributed by atoms with Crippen molar-refractivity contribution in [2.75, 3.05) is 30.7 Å². The summed E-state index contributed by atoms with van der Waals surface area (Å²) in [6.07, 6.45) is 0.0343. The number of guanidine groups is 1. The van der Waals surface area contributed by atoms with Gasteiger partial charge in [0.05, 0.1) is 47.9 Å². The molecule has 1 aliphatic rings. The fourth-order valence-electron chi connectivity index (χ4n) is 3.22. The number of aliphatic imine (C=N–C) groups is 1. The van der Waals surface area contributed by atoms with Crippen molar-refractivity contribution in [3.8, 4) is 5.75 Å². The van der Waals surface area contributed by atoms with Crippen molar-refractivity contribution in [1.82, 2.24) is 20.9 Å². The highest BCUT2D eigenvalue weighted by Gasteiger charge is 2.23. The minimum atomic E-state index is -1.25. The first-order valence-corrected chi connectivity index (χ1v) is 11.2. The minimum absolute atomic E-state index is 0.0137. The van der Waals surface area contributed by atoms with E-state index in [4.69, 9.17) is 28.9 Å². The Labute approximate surface area is 214 Å². The predicted molar refractivity (Wildman–Crippen MR) is 132 cm³/mol. The SMILES string of the molecule is Nc1ncc(C(=O)NCC(=O)NC(CC(=O)O)c2cc(Cl)cc(Cl)c2O)cc1NC1=NCC(O)CN1. The lowest BCUT2D eigenvalue weighted by atomic mass is 10.0. The van der Waals surface area contributed by atoms with Gasteiger partial charge >= 0.3 is 5.97 Å². The van der Waals surface area contributed by atoms with E-state index >= 15 is 0 Å². The van der Waals surface area contributed by atoms with Gasteiger partial charge < -0.3 is 42.3 Å². The van der Waals surface area contributed by atoms with Gasteiger partial charge in [-0.1, -0.05) is 23.2 Å². The van der Waals surface area contributed by atoms with Crippen LogP contribution in [-0.4, -0.2) is 69.8 Å². The predicted octanol–water partition coefficient (Wildman–Crippen LogP) is 0.470. The number of aliphatic hydroxyl groups is 1. The van der Waals surface area contributed by atoms with E-state index < -0.39 is 48.6 Å². The zero-order chi connectivity index (χ0) is 26.4. The van der Waals surface area contributed by atoms with Gasteiger partial charge in [0.2, 0.25) is 5.91 Å². The number of rotatable bonds is 8. The molecule has 2 aromatic rings. The lowest BCUT2D eigenvalue weighted by Gasteiger charge is -2.20. The first-order valence-electron chi connectivity index (χ1n) is 10.5. The van der Waals surface area contributed by atoms with Crippen LogP contribution in [0.4, 0.5) is 11.5 Å². The molecule has 0 bridgehead atoms. The standard InChI is InChI=1S/C21H23Cl2N7O6/c22-10-2-12(18(35)13(23)3-10)14(4-17(33)34)29-16(32)8-26-20(36)9-1-15(19(24)25-5-9)30-21-27-6-11(31)7-28-21/h1-3,5,11,14,31,35H,4,6-8H2,(H2,24,25)(H,26,36)(H,29,32)(H,33,34)(H2,27,28,30). The zero-order valence-electron chi connectivity index (χ0n) is 18.6. The number of phenolic OH excluding ortho intramolecular Hbond substituents is 1. The molecule has 0 saturated carbocycles. The third kappa shape index (κ3) is 7.10. The molecule has 3 rings (SSSR count). The van der Waals surface area contributed by atoms with Crippen LogP contribution in [0.25, 0.3) is 0 Å². The fraction of sp³-hybridized carbons (Fsp3) is 0.286. The van der Waals surface area contributed by atoms with Crippen LogP contribution in [-0.2, 0) is 9.59 Å². The number of carbonyl (C=O) groups excluding carboxylic acids is 2. The van der Waals surface area contributed by atoms with Crippen LogP contribution in [0.3, 0.4) is 0 Å². The van der Waals surface area contributed by atoms with E-state index in [2.05, 4.69) is 31.2 Å². The maximum Gasteiger partial charge on any atom is 0.305 e. The van der Waals surface area contributed by atoms with Gasteiger partial charge in [0.1, 0.15) is 11.6 Å². The van der Waals surface area contributed by atoms with Gasteiger partial charge in [0.25, 0.3) is 5.91 Å². The van der Waals surface area contributed by atoms with Crippen molar-refractivity contribution >= 4 is 58.5 Å². The normalized spacial score (nSPS) is 15.8. The van der Waals surface area contributed by atoms with Gasteiger partial charge in [0.15, 0.2) is 5.96 Å². The molecule has 1 aromatic carbocycles. The van der Waals surface area contributed by atoms with Crippen molar-refractivity contribution in [3.63, 3.8) is 0 Å². The van der Waals surface area contributed by atoms with E-state index in [1.54, 1.807) is 0 Å². The Kier molecular flexibility index (Phi) is 8.74. The number of phenols is 1. The second-order valence-electron chi connectivity index (χ2n) is 7.73. The second-order valence-corrected chi connectivity index (χ2v) is 8.58. The summed E-state index contributed by atoms with van der Waals surface area (Å²) in [4.78, 5) is 44.4. The highest BCUT2D eigenvalue weighted by Crippen LogP contribution is 2.36. The van der Waals surface area contributed by atoms with Crippen molar-refractivity contribution in [2.45, 2.75) is 18.6 Å².